The maximum atomic E-state index is 12.3. The lowest BCUT2D eigenvalue weighted by Crippen LogP contribution is -2.51. The van der Waals surface area contributed by atoms with Crippen molar-refractivity contribution in [3.8, 4) is 0 Å². The van der Waals surface area contributed by atoms with E-state index in [4.69, 9.17) is 23.2 Å². The number of benzene rings is 1. The van der Waals surface area contributed by atoms with Crippen LogP contribution in [0.15, 0.2) is 18.2 Å². The molecule has 0 spiro atoms. The van der Waals surface area contributed by atoms with Crippen molar-refractivity contribution in [2.45, 2.75) is 39.8 Å². The van der Waals surface area contributed by atoms with Crippen LogP contribution >= 0.6 is 23.2 Å². The Morgan fingerprint density at radius 1 is 1.05 bits per heavy atom. The van der Waals surface area contributed by atoms with Gasteiger partial charge in [-0.2, -0.15) is 0 Å². The minimum absolute atomic E-state index is 0.00905. The Morgan fingerprint density at radius 3 is 2.14 bits per heavy atom. The van der Waals surface area contributed by atoms with Gasteiger partial charge in [-0.05, 0) is 38.0 Å². The van der Waals surface area contributed by atoms with E-state index in [0.717, 1.165) is 0 Å². The lowest BCUT2D eigenvalue weighted by atomic mass is 10.0. The summed E-state index contributed by atoms with van der Waals surface area (Å²) in [5, 5.41) is 6.23. The van der Waals surface area contributed by atoms with Crippen LogP contribution in [-0.2, 0) is 4.79 Å². The molecule has 0 saturated heterocycles. The molecule has 116 valence electrons. The van der Waals surface area contributed by atoms with Crippen molar-refractivity contribution in [1.82, 2.24) is 10.6 Å². The second-order valence-corrected chi connectivity index (χ2v) is 6.33. The molecule has 2 amide bonds. The van der Waals surface area contributed by atoms with E-state index in [1.807, 2.05) is 27.7 Å². The summed E-state index contributed by atoms with van der Waals surface area (Å²) in [6.07, 6.45) is 0. The van der Waals surface area contributed by atoms with Gasteiger partial charge in [0.25, 0.3) is 5.91 Å². The van der Waals surface area contributed by atoms with Gasteiger partial charge in [0.05, 0.1) is 10.6 Å². The Morgan fingerprint density at radius 2 is 1.67 bits per heavy atom. The maximum absolute atomic E-state index is 12.3. The van der Waals surface area contributed by atoms with Crippen LogP contribution in [0.4, 0.5) is 0 Å². The fourth-order valence-corrected chi connectivity index (χ4v) is 2.30. The Bertz CT molecular complexity index is 530. The van der Waals surface area contributed by atoms with E-state index >= 15 is 0 Å². The minimum atomic E-state index is -0.619. The third kappa shape index (κ3) is 5.21. The quantitative estimate of drug-likeness (QED) is 0.870. The molecule has 1 unspecified atom stereocenters. The highest BCUT2D eigenvalue weighted by atomic mass is 35.5. The van der Waals surface area contributed by atoms with Crippen molar-refractivity contribution in [3.05, 3.63) is 33.8 Å². The average Bonchev–Trinajstić information content (AvgIpc) is 2.34. The van der Waals surface area contributed by atoms with Gasteiger partial charge in [0, 0.05) is 11.1 Å². The van der Waals surface area contributed by atoms with Crippen molar-refractivity contribution >= 4 is 35.0 Å². The standard InChI is InChI=1S/C15H20Cl2N2O2/c1-8(2)13(15(21)18-9(3)4)19-14(20)11-6-5-10(16)7-12(11)17/h5-9,13H,1-4H3,(H,18,21)(H,19,20). The van der Waals surface area contributed by atoms with Crippen LogP contribution in [0.3, 0.4) is 0 Å². The molecule has 6 heteroatoms. The topological polar surface area (TPSA) is 58.2 Å². The third-order valence-electron chi connectivity index (χ3n) is 2.84. The fourth-order valence-electron chi connectivity index (χ4n) is 1.80. The Labute approximate surface area is 135 Å². The van der Waals surface area contributed by atoms with Crippen LogP contribution < -0.4 is 10.6 Å². The summed E-state index contributed by atoms with van der Waals surface area (Å²) in [6.45, 7) is 7.48. The maximum Gasteiger partial charge on any atom is 0.253 e. The summed E-state index contributed by atoms with van der Waals surface area (Å²) in [6, 6.07) is 4.01. The largest absolute Gasteiger partial charge is 0.352 e. The molecular formula is C15H20Cl2N2O2. The number of carbonyl (C=O) groups excluding carboxylic acids is 2. The zero-order chi connectivity index (χ0) is 16.2. The number of halogens is 2. The van der Waals surface area contributed by atoms with Crippen LogP contribution in [-0.4, -0.2) is 23.9 Å². The normalized spacial score (nSPS) is 12.4. The van der Waals surface area contributed by atoms with Gasteiger partial charge in [0.1, 0.15) is 6.04 Å². The molecule has 0 aliphatic rings. The van der Waals surface area contributed by atoms with Gasteiger partial charge in [-0.15, -0.1) is 0 Å². The van der Waals surface area contributed by atoms with Crippen molar-refractivity contribution < 1.29 is 9.59 Å². The summed E-state index contributed by atoms with van der Waals surface area (Å²) in [7, 11) is 0. The number of hydrogen-bond donors (Lipinski definition) is 2. The van der Waals surface area contributed by atoms with E-state index in [1.165, 1.54) is 12.1 Å². The Kier molecular flexibility index (Phi) is 6.49. The van der Waals surface area contributed by atoms with Gasteiger partial charge in [-0.25, -0.2) is 0 Å². The molecule has 1 aromatic carbocycles. The first kappa shape index (κ1) is 17.8. The highest BCUT2D eigenvalue weighted by Crippen LogP contribution is 2.21. The smallest absolute Gasteiger partial charge is 0.253 e. The molecule has 0 saturated carbocycles. The first-order valence-corrected chi connectivity index (χ1v) is 7.54. The summed E-state index contributed by atoms with van der Waals surface area (Å²) in [4.78, 5) is 24.4. The molecule has 4 nitrogen and oxygen atoms in total. The third-order valence-corrected chi connectivity index (χ3v) is 3.39. The predicted molar refractivity (Wildman–Crippen MR) is 85.8 cm³/mol. The highest BCUT2D eigenvalue weighted by Gasteiger charge is 2.25. The van der Waals surface area contributed by atoms with E-state index in [9.17, 15) is 9.59 Å². The minimum Gasteiger partial charge on any atom is -0.352 e. The van der Waals surface area contributed by atoms with Crippen molar-refractivity contribution in [2.24, 2.45) is 5.92 Å². The van der Waals surface area contributed by atoms with Gasteiger partial charge in [0.15, 0.2) is 0 Å². The van der Waals surface area contributed by atoms with E-state index in [0.29, 0.717) is 10.6 Å². The molecule has 0 aliphatic heterocycles. The molecule has 2 N–H and O–H groups in total. The Balaban J connectivity index is 2.88. The molecular weight excluding hydrogens is 311 g/mol. The second-order valence-electron chi connectivity index (χ2n) is 5.48. The summed E-state index contributed by atoms with van der Waals surface area (Å²) < 4.78 is 0. The van der Waals surface area contributed by atoms with E-state index < -0.39 is 11.9 Å². The zero-order valence-corrected chi connectivity index (χ0v) is 14.0. The average molecular weight is 331 g/mol. The van der Waals surface area contributed by atoms with Crippen LogP contribution in [0.25, 0.3) is 0 Å². The van der Waals surface area contributed by atoms with Gasteiger partial charge in [0.2, 0.25) is 5.91 Å². The SMILES string of the molecule is CC(C)NC(=O)C(NC(=O)c1ccc(Cl)cc1Cl)C(C)C. The van der Waals surface area contributed by atoms with Gasteiger partial charge < -0.3 is 10.6 Å². The highest BCUT2D eigenvalue weighted by molar-refractivity contribution is 6.36. The van der Waals surface area contributed by atoms with Crippen LogP contribution in [0.1, 0.15) is 38.1 Å². The molecule has 1 aromatic rings. The molecule has 0 aliphatic carbocycles. The summed E-state index contributed by atoms with van der Waals surface area (Å²) >= 11 is 11.8. The van der Waals surface area contributed by atoms with Crippen molar-refractivity contribution in [1.29, 1.82) is 0 Å². The van der Waals surface area contributed by atoms with Crippen LogP contribution in [0.2, 0.25) is 10.0 Å². The number of amides is 2. The van der Waals surface area contributed by atoms with Crippen LogP contribution in [0.5, 0.6) is 0 Å². The first-order chi connectivity index (χ1) is 9.72. The van der Waals surface area contributed by atoms with E-state index in [1.54, 1.807) is 6.07 Å². The number of rotatable bonds is 5. The van der Waals surface area contributed by atoms with Gasteiger partial charge in [-0.3, -0.25) is 9.59 Å². The molecule has 1 rings (SSSR count). The van der Waals surface area contributed by atoms with Crippen molar-refractivity contribution in [2.75, 3.05) is 0 Å². The summed E-state index contributed by atoms with van der Waals surface area (Å²) in [5.74, 6) is -0.647. The molecule has 0 bridgehead atoms. The van der Waals surface area contributed by atoms with E-state index in [-0.39, 0.29) is 22.9 Å². The second kappa shape index (κ2) is 7.66. The molecule has 0 aromatic heterocycles. The first-order valence-electron chi connectivity index (χ1n) is 6.78. The predicted octanol–water partition coefficient (Wildman–Crippen LogP) is 3.27. The number of nitrogens with one attached hydrogen (secondary N) is 2. The lowest BCUT2D eigenvalue weighted by Gasteiger charge is -2.23. The van der Waals surface area contributed by atoms with Gasteiger partial charge in [-0.1, -0.05) is 37.0 Å². The molecule has 0 fully saturated rings. The number of carbonyl (C=O) groups is 2. The molecule has 1 atom stereocenters. The zero-order valence-electron chi connectivity index (χ0n) is 12.5. The molecule has 0 heterocycles. The lowest BCUT2D eigenvalue weighted by molar-refractivity contribution is -0.124. The number of hydrogen-bond acceptors (Lipinski definition) is 2. The Hall–Kier alpha value is -1.26. The fraction of sp³-hybridized carbons (Fsp3) is 0.467. The van der Waals surface area contributed by atoms with Crippen LogP contribution in [0, 0.1) is 5.92 Å². The van der Waals surface area contributed by atoms with E-state index in [2.05, 4.69) is 10.6 Å². The van der Waals surface area contributed by atoms with Crippen molar-refractivity contribution in [3.63, 3.8) is 0 Å². The summed E-state index contributed by atoms with van der Waals surface area (Å²) in [5.41, 5.74) is 0.295. The molecule has 21 heavy (non-hydrogen) atoms. The molecule has 0 radical (unpaired) electrons. The monoisotopic (exact) mass is 330 g/mol. The van der Waals surface area contributed by atoms with Gasteiger partial charge >= 0.3 is 0 Å².